The van der Waals surface area contributed by atoms with E-state index in [1.54, 1.807) is 4.31 Å². The van der Waals surface area contributed by atoms with E-state index in [1.807, 2.05) is 38.1 Å². The molecule has 3 rings (SSSR count). The molecule has 0 aliphatic carbocycles. The molecule has 1 aliphatic rings. The van der Waals surface area contributed by atoms with E-state index in [-0.39, 0.29) is 6.04 Å². The van der Waals surface area contributed by atoms with Crippen molar-refractivity contribution in [3.8, 4) is 0 Å². The van der Waals surface area contributed by atoms with Crippen molar-refractivity contribution >= 4 is 20.9 Å². The Morgan fingerprint density at radius 1 is 1.33 bits per heavy atom. The highest BCUT2D eigenvalue weighted by atomic mass is 32.2. The first kappa shape index (κ1) is 14.4. The maximum absolute atomic E-state index is 12.1. The molecule has 1 aliphatic heterocycles. The lowest BCUT2D eigenvalue weighted by Crippen LogP contribution is -2.38. The van der Waals surface area contributed by atoms with Crippen LogP contribution in [0.15, 0.2) is 35.9 Å². The summed E-state index contributed by atoms with van der Waals surface area (Å²) < 4.78 is 25.8. The van der Waals surface area contributed by atoms with Gasteiger partial charge in [-0.2, -0.15) is 4.31 Å². The normalized spacial score (nSPS) is 19.5. The Kier molecular flexibility index (Phi) is 3.42. The third-order valence-corrected chi connectivity index (χ3v) is 5.21. The van der Waals surface area contributed by atoms with Crippen molar-refractivity contribution < 1.29 is 8.42 Å². The summed E-state index contributed by atoms with van der Waals surface area (Å²) in [4.78, 5) is 3.42. The second-order valence-electron chi connectivity index (χ2n) is 5.88. The lowest BCUT2D eigenvalue weighted by molar-refractivity contribution is 0.350. The third-order valence-electron chi connectivity index (χ3n) is 3.95. The Labute approximate surface area is 125 Å². The van der Waals surface area contributed by atoms with Gasteiger partial charge in [0.15, 0.2) is 0 Å². The van der Waals surface area contributed by atoms with Crippen molar-refractivity contribution in [3.63, 3.8) is 0 Å². The maximum atomic E-state index is 12.1. The molecule has 0 spiro atoms. The molecule has 0 fully saturated rings. The van der Waals surface area contributed by atoms with Crippen LogP contribution in [0.2, 0.25) is 0 Å². The SMILES string of the molecule is CC(C)=CC1c2[nH]c3ccccc3c2CCN1S(C)(=O)=O. The van der Waals surface area contributed by atoms with Gasteiger partial charge in [0.2, 0.25) is 10.0 Å². The Bertz CT molecular complexity index is 814. The molecular formula is C16H20N2O2S. The van der Waals surface area contributed by atoms with E-state index >= 15 is 0 Å². The number of nitrogens with zero attached hydrogens (tertiary/aromatic N) is 1. The van der Waals surface area contributed by atoms with E-state index in [2.05, 4.69) is 11.1 Å². The fourth-order valence-corrected chi connectivity index (χ4v) is 4.10. The van der Waals surface area contributed by atoms with E-state index in [9.17, 15) is 8.42 Å². The standard InChI is InChI=1S/C16H20N2O2S/c1-11(2)10-15-16-13(8-9-18(15)21(3,19)20)12-6-4-5-7-14(12)17-16/h4-7,10,15,17H,8-9H2,1-3H3. The number of allylic oxidation sites excluding steroid dienone is 1. The van der Waals surface area contributed by atoms with Gasteiger partial charge < -0.3 is 4.98 Å². The van der Waals surface area contributed by atoms with Crippen LogP contribution in [-0.2, 0) is 16.4 Å². The number of fused-ring (bicyclic) bond motifs is 3. The van der Waals surface area contributed by atoms with Crippen LogP contribution in [0.5, 0.6) is 0 Å². The van der Waals surface area contributed by atoms with Crippen LogP contribution in [0.25, 0.3) is 10.9 Å². The van der Waals surface area contributed by atoms with Crippen molar-refractivity contribution in [2.75, 3.05) is 12.8 Å². The Balaban J connectivity index is 2.22. The van der Waals surface area contributed by atoms with Gasteiger partial charge in [-0.3, -0.25) is 0 Å². The largest absolute Gasteiger partial charge is 0.357 e. The molecule has 1 unspecified atom stereocenters. The molecule has 2 heterocycles. The zero-order valence-corrected chi connectivity index (χ0v) is 13.4. The molecule has 0 bridgehead atoms. The Hall–Kier alpha value is -1.59. The minimum absolute atomic E-state index is 0.235. The van der Waals surface area contributed by atoms with E-state index in [1.165, 1.54) is 17.2 Å². The molecule has 4 nitrogen and oxygen atoms in total. The zero-order chi connectivity index (χ0) is 15.2. The zero-order valence-electron chi connectivity index (χ0n) is 12.6. The molecule has 2 aromatic rings. The molecule has 1 N–H and O–H groups in total. The van der Waals surface area contributed by atoms with Gasteiger partial charge in [0, 0.05) is 23.1 Å². The highest BCUT2D eigenvalue weighted by Crippen LogP contribution is 2.36. The summed E-state index contributed by atoms with van der Waals surface area (Å²) in [5.41, 5.74) is 4.44. The Morgan fingerprint density at radius 2 is 2.05 bits per heavy atom. The van der Waals surface area contributed by atoms with Crippen LogP contribution in [0.4, 0.5) is 0 Å². The van der Waals surface area contributed by atoms with Crippen LogP contribution in [0, 0.1) is 0 Å². The summed E-state index contributed by atoms with van der Waals surface area (Å²) in [6, 6.07) is 7.92. The number of nitrogens with one attached hydrogen (secondary N) is 1. The lowest BCUT2D eigenvalue weighted by Gasteiger charge is -2.32. The molecule has 0 saturated heterocycles. The average molecular weight is 304 g/mol. The summed E-state index contributed by atoms with van der Waals surface area (Å²) in [5, 5.41) is 1.20. The highest BCUT2D eigenvalue weighted by molar-refractivity contribution is 7.88. The molecule has 21 heavy (non-hydrogen) atoms. The average Bonchev–Trinajstić information content (AvgIpc) is 2.76. The molecule has 1 aromatic carbocycles. The predicted molar refractivity (Wildman–Crippen MR) is 85.7 cm³/mol. The molecule has 0 radical (unpaired) electrons. The first-order valence-corrected chi connectivity index (χ1v) is 8.94. The number of hydrogen-bond donors (Lipinski definition) is 1. The fraction of sp³-hybridized carbons (Fsp3) is 0.375. The van der Waals surface area contributed by atoms with Crippen molar-refractivity contribution in [1.29, 1.82) is 0 Å². The number of aromatic amines is 1. The molecule has 0 amide bonds. The maximum Gasteiger partial charge on any atom is 0.212 e. The number of rotatable bonds is 2. The molecular weight excluding hydrogens is 284 g/mol. The van der Waals surface area contributed by atoms with Crippen LogP contribution < -0.4 is 0 Å². The molecule has 112 valence electrons. The van der Waals surface area contributed by atoms with Gasteiger partial charge in [0.1, 0.15) is 0 Å². The van der Waals surface area contributed by atoms with Gasteiger partial charge in [-0.25, -0.2) is 8.42 Å². The molecule has 1 atom stereocenters. The minimum atomic E-state index is -3.23. The smallest absolute Gasteiger partial charge is 0.212 e. The number of benzene rings is 1. The van der Waals surface area contributed by atoms with E-state index < -0.39 is 10.0 Å². The van der Waals surface area contributed by atoms with E-state index in [4.69, 9.17) is 0 Å². The van der Waals surface area contributed by atoms with E-state index in [0.29, 0.717) is 6.54 Å². The quantitative estimate of drug-likeness (QED) is 0.867. The number of H-pyrrole nitrogens is 1. The second-order valence-corrected chi connectivity index (χ2v) is 7.81. The number of sulfonamides is 1. The van der Waals surface area contributed by atoms with Crippen molar-refractivity contribution in [3.05, 3.63) is 47.2 Å². The lowest BCUT2D eigenvalue weighted by atomic mass is 9.98. The number of aromatic nitrogens is 1. The summed E-state index contributed by atoms with van der Waals surface area (Å²) >= 11 is 0. The minimum Gasteiger partial charge on any atom is -0.357 e. The summed E-state index contributed by atoms with van der Waals surface area (Å²) in [5.74, 6) is 0. The van der Waals surface area contributed by atoms with Gasteiger partial charge in [-0.1, -0.05) is 29.8 Å². The van der Waals surface area contributed by atoms with Crippen LogP contribution in [0.1, 0.15) is 31.1 Å². The Morgan fingerprint density at radius 3 is 2.71 bits per heavy atom. The first-order chi connectivity index (χ1) is 9.88. The third kappa shape index (κ3) is 2.51. The van der Waals surface area contributed by atoms with Gasteiger partial charge >= 0.3 is 0 Å². The molecule has 1 aromatic heterocycles. The van der Waals surface area contributed by atoms with Crippen LogP contribution in [-0.4, -0.2) is 30.5 Å². The van der Waals surface area contributed by atoms with Crippen molar-refractivity contribution in [2.24, 2.45) is 0 Å². The second kappa shape index (κ2) is 5.00. The van der Waals surface area contributed by atoms with Crippen LogP contribution >= 0.6 is 0 Å². The van der Waals surface area contributed by atoms with Gasteiger partial charge in [0.05, 0.1) is 12.3 Å². The summed E-state index contributed by atoms with van der Waals surface area (Å²) in [7, 11) is -3.23. The fourth-order valence-electron chi connectivity index (χ4n) is 3.10. The number of hydrogen-bond acceptors (Lipinski definition) is 2. The molecule has 0 saturated carbocycles. The molecule has 5 heteroatoms. The van der Waals surface area contributed by atoms with Gasteiger partial charge in [0.25, 0.3) is 0 Å². The summed E-state index contributed by atoms with van der Waals surface area (Å²) in [6.07, 6.45) is 4.06. The number of para-hydroxylation sites is 1. The van der Waals surface area contributed by atoms with Gasteiger partial charge in [-0.15, -0.1) is 0 Å². The predicted octanol–water partition coefficient (Wildman–Crippen LogP) is 2.99. The first-order valence-electron chi connectivity index (χ1n) is 7.09. The summed E-state index contributed by atoms with van der Waals surface area (Å²) in [6.45, 7) is 4.52. The van der Waals surface area contributed by atoms with Gasteiger partial charge in [-0.05, 0) is 31.9 Å². The van der Waals surface area contributed by atoms with Crippen molar-refractivity contribution in [2.45, 2.75) is 26.3 Å². The highest BCUT2D eigenvalue weighted by Gasteiger charge is 2.33. The monoisotopic (exact) mass is 304 g/mol. The van der Waals surface area contributed by atoms with Crippen molar-refractivity contribution in [1.82, 2.24) is 9.29 Å². The topological polar surface area (TPSA) is 53.2 Å². The van der Waals surface area contributed by atoms with E-state index in [0.717, 1.165) is 23.2 Å². The van der Waals surface area contributed by atoms with Crippen LogP contribution in [0.3, 0.4) is 0 Å².